The van der Waals surface area contributed by atoms with Gasteiger partial charge in [-0.2, -0.15) is 0 Å². The van der Waals surface area contributed by atoms with Crippen molar-refractivity contribution in [2.75, 3.05) is 32.8 Å². The molecule has 1 aromatic rings. The number of benzene rings is 1. The van der Waals surface area contributed by atoms with Crippen LogP contribution in [0.25, 0.3) is 0 Å². The van der Waals surface area contributed by atoms with Gasteiger partial charge in [0.05, 0.1) is 17.1 Å². The highest BCUT2D eigenvalue weighted by molar-refractivity contribution is 9.10. The summed E-state index contributed by atoms with van der Waals surface area (Å²) in [7, 11) is 0. The molecule has 3 N–H and O–H groups in total. The number of phenolic OH excluding ortho intramolecular Hbond substituents is 1. The summed E-state index contributed by atoms with van der Waals surface area (Å²) in [6.07, 6.45) is 0. The molecule has 102 valence electrons. The van der Waals surface area contributed by atoms with E-state index < -0.39 is 0 Å². The van der Waals surface area contributed by atoms with Crippen LogP contribution < -0.4 is 5.32 Å². The van der Waals surface area contributed by atoms with Gasteiger partial charge in [0, 0.05) is 26.2 Å². The van der Waals surface area contributed by atoms with Crippen molar-refractivity contribution in [1.82, 2.24) is 10.2 Å². The fourth-order valence-electron chi connectivity index (χ4n) is 2.16. The molecule has 1 fully saturated rings. The maximum Gasteiger partial charge on any atom is 0.129 e. The maximum atomic E-state index is 9.55. The Kier molecular flexibility index (Phi) is 6.38. The standard InChI is InChI=1S/C12H17BrN2O2.ClH/c13-10-7-9(1-2-12(10)17)11(8-16)15-5-3-14-4-6-15;/h1-2,7,11,14,16-17H,3-6,8H2;1H/t11-;/m1./s1. The number of hydrogen-bond acceptors (Lipinski definition) is 4. The van der Waals surface area contributed by atoms with Gasteiger partial charge in [-0.1, -0.05) is 6.07 Å². The predicted molar refractivity (Wildman–Crippen MR) is 77.3 cm³/mol. The normalized spacial score (nSPS) is 18.1. The van der Waals surface area contributed by atoms with Crippen LogP contribution in [0.1, 0.15) is 11.6 Å². The second-order valence-electron chi connectivity index (χ2n) is 4.20. The van der Waals surface area contributed by atoms with E-state index in [2.05, 4.69) is 26.1 Å². The van der Waals surface area contributed by atoms with Crippen molar-refractivity contribution >= 4 is 28.3 Å². The van der Waals surface area contributed by atoms with E-state index >= 15 is 0 Å². The van der Waals surface area contributed by atoms with Crippen LogP contribution in [0, 0.1) is 0 Å². The molecule has 18 heavy (non-hydrogen) atoms. The second kappa shape index (κ2) is 7.31. The van der Waals surface area contributed by atoms with Gasteiger partial charge in [0.1, 0.15) is 5.75 Å². The largest absolute Gasteiger partial charge is 0.507 e. The number of phenols is 1. The third kappa shape index (κ3) is 3.59. The number of aliphatic hydroxyl groups excluding tert-OH is 1. The third-order valence-corrected chi connectivity index (χ3v) is 3.76. The molecule has 1 aromatic carbocycles. The van der Waals surface area contributed by atoms with Crippen molar-refractivity contribution in [2.45, 2.75) is 6.04 Å². The zero-order chi connectivity index (χ0) is 12.3. The van der Waals surface area contributed by atoms with Crippen LogP contribution in [-0.4, -0.2) is 47.9 Å². The zero-order valence-corrected chi connectivity index (χ0v) is 12.4. The lowest BCUT2D eigenvalue weighted by molar-refractivity contribution is 0.111. The quantitative estimate of drug-likeness (QED) is 0.783. The van der Waals surface area contributed by atoms with Crippen molar-refractivity contribution in [3.63, 3.8) is 0 Å². The Morgan fingerprint density at radius 2 is 2.00 bits per heavy atom. The van der Waals surface area contributed by atoms with Gasteiger partial charge in [-0.05, 0) is 33.6 Å². The van der Waals surface area contributed by atoms with Crippen molar-refractivity contribution in [1.29, 1.82) is 0 Å². The molecular weight excluding hydrogens is 320 g/mol. The summed E-state index contributed by atoms with van der Waals surface area (Å²) in [5.74, 6) is 0.228. The molecule has 1 aliphatic heterocycles. The molecule has 1 atom stereocenters. The minimum atomic E-state index is 0. The molecule has 2 rings (SSSR count). The number of aromatic hydroxyl groups is 1. The van der Waals surface area contributed by atoms with Crippen LogP contribution in [0.2, 0.25) is 0 Å². The number of nitrogens with zero attached hydrogens (tertiary/aromatic N) is 1. The molecule has 1 heterocycles. The van der Waals surface area contributed by atoms with Gasteiger partial charge >= 0.3 is 0 Å². The molecule has 0 amide bonds. The van der Waals surface area contributed by atoms with Crippen LogP contribution in [0.15, 0.2) is 22.7 Å². The first-order chi connectivity index (χ1) is 8.22. The van der Waals surface area contributed by atoms with Crippen LogP contribution in [0.4, 0.5) is 0 Å². The van der Waals surface area contributed by atoms with Crippen molar-refractivity contribution in [3.05, 3.63) is 28.2 Å². The van der Waals surface area contributed by atoms with E-state index in [0.717, 1.165) is 31.7 Å². The van der Waals surface area contributed by atoms with E-state index in [1.807, 2.05) is 12.1 Å². The maximum absolute atomic E-state index is 9.55. The molecule has 0 bridgehead atoms. The topological polar surface area (TPSA) is 55.7 Å². The lowest BCUT2D eigenvalue weighted by Crippen LogP contribution is -2.46. The summed E-state index contributed by atoms with van der Waals surface area (Å²) in [5.41, 5.74) is 1.03. The van der Waals surface area contributed by atoms with E-state index in [0.29, 0.717) is 4.47 Å². The van der Waals surface area contributed by atoms with E-state index in [1.54, 1.807) is 6.07 Å². The SMILES string of the molecule is Cl.OC[C@H](c1ccc(O)c(Br)c1)N1CCNCC1. The summed E-state index contributed by atoms with van der Waals surface area (Å²) in [4.78, 5) is 2.26. The van der Waals surface area contributed by atoms with E-state index in [4.69, 9.17) is 0 Å². The molecule has 1 saturated heterocycles. The Hall–Kier alpha value is -0.330. The highest BCUT2D eigenvalue weighted by Crippen LogP contribution is 2.29. The fourth-order valence-corrected chi connectivity index (χ4v) is 2.55. The molecule has 0 saturated carbocycles. The first-order valence-electron chi connectivity index (χ1n) is 5.76. The summed E-state index contributed by atoms with van der Waals surface area (Å²) >= 11 is 3.31. The molecule has 0 unspecified atom stereocenters. The van der Waals surface area contributed by atoms with Gasteiger partial charge < -0.3 is 15.5 Å². The van der Waals surface area contributed by atoms with Crippen LogP contribution in [0.3, 0.4) is 0 Å². The lowest BCUT2D eigenvalue weighted by atomic mass is 10.1. The van der Waals surface area contributed by atoms with Gasteiger partial charge in [-0.15, -0.1) is 12.4 Å². The Morgan fingerprint density at radius 3 is 2.56 bits per heavy atom. The molecule has 6 heteroatoms. The summed E-state index contributed by atoms with van der Waals surface area (Å²) in [6, 6.07) is 5.40. The molecule has 0 aromatic heterocycles. The van der Waals surface area contributed by atoms with Gasteiger partial charge in [-0.3, -0.25) is 4.90 Å². The van der Waals surface area contributed by atoms with Gasteiger partial charge in [0.25, 0.3) is 0 Å². The Labute approximate surface area is 122 Å². The zero-order valence-electron chi connectivity index (χ0n) is 9.97. The highest BCUT2D eigenvalue weighted by Gasteiger charge is 2.21. The molecule has 0 aliphatic carbocycles. The average molecular weight is 338 g/mol. The van der Waals surface area contributed by atoms with Crippen LogP contribution >= 0.6 is 28.3 Å². The first-order valence-corrected chi connectivity index (χ1v) is 6.55. The Morgan fingerprint density at radius 1 is 1.33 bits per heavy atom. The van der Waals surface area contributed by atoms with Gasteiger partial charge in [0.15, 0.2) is 0 Å². The fraction of sp³-hybridized carbons (Fsp3) is 0.500. The number of piperazine rings is 1. The highest BCUT2D eigenvalue weighted by atomic mass is 79.9. The number of aliphatic hydroxyl groups is 1. The van der Waals surface area contributed by atoms with E-state index in [-0.39, 0.29) is 30.8 Å². The van der Waals surface area contributed by atoms with Crippen molar-refractivity contribution in [2.24, 2.45) is 0 Å². The minimum Gasteiger partial charge on any atom is -0.507 e. The summed E-state index contributed by atoms with van der Waals surface area (Å²) in [5, 5.41) is 22.3. The monoisotopic (exact) mass is 336 g/mol. The molecule has 0 radical (unpaired) electrons. The average Bonchev–Trinajstić information content (AvgIpc) is 2.36. The number of hydrogen-bond donors (Lipinski definition) is 3. The molecular formula is C12H18BrClN2O2. The minimum absolute atomic E-state index is 0. The van der Waals surface area contributed by atoms with Crippen LogP contribution in [0.5, 0.6) is 5.75 Å². The van der Waals surface area contributed by atoms with Crippen LogP contribution in [-0.2, 0) is 0 Å². The van der Waals surface area contributed by atoms with E-state index in [1.165, 1.54) is 0 Å². The van der Waals surface area contributed by atoms with Gasteiger partial charge in [-0.25, -0.2) is 0 Å². The smallest absolute Gasteiger partial charge is 0.129 e. The summed E-state index contributed by atoms with van der Waals surface area (Å²) in [6.45, 7) is 3.87. The molecule has 1 aliphatic rings. The lowest BCUT2D eigenvalue weighted by Gasteiger charge is -2.34. The Bertz CT molecular complexity index is 386. The predicted octanol–water partition coefficient (Wildman–Crippen LogP) is 1.52. The number of halogens is 2. The number of nitrogens with one attached hydrogen (secondary N) is 1. The first kappa shape index (κ1) is 15.7. The Balaban J connectivity index is 0.00000162. The van der Waals surface area contributed by atoms with E-state index in [9.17, 15) is 10.2 Å². The molecule has 0 spiro atoms. The molecule has 4 nitrogen and oxygen atoms in total. The third-order valence-electron chi connectivity index (χ3n) is 3.12. The second-order valence-corrected chi connectivity index (χ2v) is 5.05. The van der Waals surface area contributed by atoms with Crippen molar-refractivity contribution < 1.29 is 10.2 Å². The van der Waals surface area contributed by atoms with Crippen molar-refractivity contribution in [3.8, 4) is 5.75 Å². The number of rotatable bonds is 3. The summed E-state index contributed by atoms with van der Waals surface area (Å²) < 4.78 is 0.670. The van der Waals surface area contributed by atoms with Gasteiger partial charge in [0.2, 0.25) is 0 Å².